The molecule has 0 spiro atoms. The van der Waals surface area contributed by atoms with E-state index in [1.807, 2.05) is 6.07 Å². The Labute approximate surface area is 93.9 Å². The Morgan fingerprint density at radius 1 is 1.47 bits per heavy atom. The SMILES string of the molecule is N#Cc1nc(-c2c(F)cccc2Cl)ns1. The summed E-state index contributed by atoms with van der Waals surface area (Å²) in [6.07, 6.45) is 0. The first kappa shape index (κ1) is 10.0. The lowest BCUT2D eigenvalue weighted by atomic mass is 10.2. The molecule has 0 atom stereocenters. The Bertz CT molecular complexity index is 526. The van der Waals surface area contributed by atoms with E-state index in [1.54, 1.807) is 6.07 Å². The molecule has 1 aromatic heterocycles. The van der Waals surface area contributed by atoms with E-state index in [1.165, 1.54) is 12.1 Å². The van der Waals surface area contributed by atoms with Crippen molar-refractivity contribution >= 4 is 23.1 Å². The molecule has 0 radical (unpaired) electrons. The molecule has 6 heteroatoms. The summed E-state index contributed by atoms with van der Waals surface area (Å²) in [6.45, 7) is 0. The first-order valence-electron chi connectivity index (χ1n) is 3.90. The molecule has 15 heavy (non-hydrogen) atoms. The normalized spacial score (nSPS) is 9.93. The van der Waals surface area contributed by atoms with E-state index in [0.29, 0.717) is 0 Å². The van der Waals surface area contributed by atoms with Crippen molar-refractivity contribution in [3.63, 3.8) is 0 Å². The fourth-order valence-electron chi connectivity index (χ4n) is 1.08. The van der Waals surface area contributed by atoms with Crippen LogP contribution in [0.25, 0.3) is 11.4 Å². The van der Waals surface area contributed by atoms with Crippen LogP contribution in [0.3, 0.4) is 0 Å². The number of nitrogens with zero attached hydrogens (tertiary/aromatic N) is 3. The molecule has 0 aliphatic carbocycles. The lowest BCUT2D eigenvalue weighted by Crippen LogP contribution is -1.87. The quantitative estimate of drug-likeness (QED) is 0.769. The van der Waals surface area contributed by atoms with Gasteiger partial charge in [-0.05, 0) is 23.7 Å². The highest BCUT2D eigenvalue weighted by molar-refractivity contribution is 7.06. The van der Waals surface area contributed by atoms with Gasteiger partial charge in [0.15, 0.2) is 5.82 Å². The molecule has 1 heterocycles. The van der Waals surface area contributed by atoms with Crippen molar-refractivity contribution in [2.24, 2.45) is 0 Å². The summed E-state index contributed by atoms with van der Waals surface area (Å²) in [5, 5.41) is 8.99. The third kappa shape index (κ3) is 1.82. The van der Waals surface area contributed by atoms with Crippen LogP contribution in [0, 0.1) is 17.1 Å². The first-order valence-corrected chi connectivity index (χ1v) is 5.05. The van der Waals surface area contributed by atoms with Crippen molar-refractivity contribution in [2.75, 3.05) is 0 Å². The highest BCUT2D eigenvalue weighted by atomic mass is 35.5. The molecule has 0 aliphatic heterocycles. The van der Waals surface area contributed by atoms with Gasteiger partial charge in [0.25, 0.3) is 0 Å². The van der Waals surface area contributed by atoms with Crippen molar-refractivity contribution in [3.8, 4) is 17.5 Å². The average molecular weight is 240 g/mol. The molecular weight excluding hydrogens is 237 g/mol. The number of nitriles is 1. The standard InChI is InChI=1S/C9H3ClFN3S/c10-5-2-1-3-6(11)8(5)9-13-7(4-12)15-14-9/h1-3H. The van der Waals surface area contributed by atoms with Crippen LogP contribution >= 0.6 is 23.1 Å². The van der Waals surface area contributed by atoms with Gasteiger partial charge in [0.2, 0.25) is 5.01 Å². The smallest absolute Gasteiger partial charge is 0.206 e. The van der Waals surface area contributed by atoms with Crippen LogP contribution in [0.5, 0.6) is 0 Å². The first-order chi connectivity index (χ1) is 7.22. The summed E-state index contributed by atoms with van der Waals surface area (Å²) in [4.78, 5) is 3.84. The number of rotatable bonds is 1. The molecule has 0 aliphatic rings. The third-order valence-corrected chi connectivity index (χ3v) is 2.64. The van der Waals surface area contributed by atoms with Crippen LogP contribution in [0.2, 0.25) is 5.02 Å². The summed E-state index contributed by atoms with van der Waals surface area (Å²) in [7, 11) is 0. The average Bonchev–Trinajstić information content (AvgIpc) is 2.66. The molecule has 0 N–H and O–H groups in total. The predicted octanol–water partition coefficient (Wildman–Crippen LogP) is 2.87. The second-order valence-corrected chi connectivity index (χ2v) is 3.79. The number of halogens is 2. The zero-order valence-electron chi connectivity index (χ0n) is 7.24. The second-order valence-electron chi connectivity index (χ2n) is 2.63. The van der Waals surface area contributed by atoms with E-state index < -0.39 is 5.82 Å². The van der Waals surface area contributed by atoms with Crippen LogP contribution in [0.4, 0.5) is 4.39 Å². The zero-order valence-corrected chi connectivity index (χ0v) is 8.81. The Morgan fingerprint density at radius 2 is 2.27 bits per heavy atom. The fraction of sp³-hybridized carbons (Fsp3) is 0. The van der Waals surface area contributed by atoms with Gasteiger partial charge in [-0.3, -0.25) is 0 Å². The Kier molecular flexibility index (Phi) is 2.62. The van der Waals surface area contributed by atoms with Gasteiger partial charge in [0.1, 0.15) is 11.9 Å². The van der Waals surface area contributed by atoms with Crippen molar-refractivity contribution in [3.05, 3.63) is 34.0 Å². The van der Waals surface area contributed by atoms with Gasteiger partial charge >= 0.3 is 0 Å². The molecule has 0 saturated heterocycles. The van der Waals surface area contributed by atoms with E-state index in [4.69, 9.17) is 16.9 Å². The molecular formula is C9H3ClFN3S. The minimum Gasteiger partial charge on any atom is -0.206 e. The van der Waals surface area contributed by atoms with E-state index in [0.717, 1.165) is 11.5 Å². The van der Waals surface area contributed by atoms with Crippen LogP contribution < -0.4 is 0 Å². The van der Waals surface area contributed by atoms with Gasteiger partial charge in [-0.15, -0.1) is 0 Å². The summed E-state index contributed by atoms with van der Waals surface area (Å²) in [5.41, 5.74) is 0.136. The van der Waals surface area contributed by atoms with Gasteiger partial charge in [0, 0.05) is 0 Å². The molecule has 2 aromatic rings. The minimum absolute atomic E-state index is 0.136. The Hall–Kier alpha value is -1.51. The van der Waals surface area contributed by atoms with Gasteiger partial charge in [-0.25, -0.2) is 9.37 Å². The third-order valence-electron chi connectivity index (χ3n) is 1.71. The lowest BCUT2D eigenvalue weighted by molar-refractivity contribution is 0.630. The van der Waals surface area contributed by atoms with Gasteiger partial charge in [-0.2, -0.15) is 9.64 Å². The highest BCUT2D eigenvalue weighted by Gasteiger charge is 2.14. The van der Waals surface area contributed by atoms with Crippen LogP contribution in [-0.2, 0) is 0 Å². The molecule has 3 nitrogen and oxygen atoms in total. The largest absolute Gasteiger partial charge is 0.214 e. The highest BCUT2D eigenvalue weighted by Crippen LogP contribution is 2.28. The number of aromatic nitrogens is 2. The molecule has 0 unspecified atom stereocenters. The molecule has 0 bridgehead atoms. The minimum atomic E-state index is -0.496. The lowest BCUT2D eigenvalue weighted by Gasteiger charge is -1.99. The summed E-state index contributed by atoms with van der Waals surface area (Å²) < 4.78 is 17.3. The maximum atomic E-state index is 13.4. The molecule has 74 valence electrons. The van der Waals surface area contributed by atoms with Gasteiger partial charge < -0.3 is 0 Å². The molecule has 0 saturated carbocycles. The van der Waals surface area contributed by atoms with Gasteiger partial charge in [-0.1, -0.05) is 17.7 Å². The Morgan fingerprint density at radius 3 is 2.87 bits per heavy atom. The molecule has 2 rings (SSSR count). The summed E-state index contributed by atoms with van der Waals surface area (Å²) >= 11 is 6.73. The summed E-state index contributed by atoms with van der Waals surface area (Å²) in [5.74, 6) is -0.343. The Balaban J connectivity index is 2.59. The van der Waals surface area contributed by atoms with E-state index in [-0.39, 0.29) is 21.4 Å². The molecule has 1 aromatic carbocycles. The molecule has 0 amide bonds. The topological polar surface area (TPSA) is 49.6 Å². The van der Waals surface area contributed by atoms with E-state index in [9.17, 15) is 4.39 Å². The zero-order chi connectivity index (χ0) is 10.8. The number of benzene rings is 1. The monoisotopic (exact) mass is 239 g/mol. The summed E-state index contributed by atoms with van der Waals surface area (Å²) in [6, 6.07) is 6.15. The maximum Gasteiger partial charge on any atom is 0.214 e. The maximum absolute atomic E-state index is 13.4. The van der Waals surface area contributed by atoms with Crippen LogP contribution in [0.15, 0.2) is 18.2 Å². The van der Waals surface area contributed by atoms with Gasteiger partial charge in [0.05, 0.1) is 10.6 Å². The van der Waals surface area contributed by atoms with Crippen molar-refractivity contribution in [1.82, 2.24) is 9.36 Å². The number of hydrogen-bond acceptors (Lipinski definition) is 4. The van der Waals surface area contributed by atoms with E-state index >= 15 is 0 Å². The second kappa shape index (κ2) is 3.93. The van der Waals surface area contributed by atoms with E-state index in [2.05, 4.69) is 9.36 Å². The molecule has 0 fully saturated rings. The van der Waals surface area contributed by atoms with Crippen molar-refractivity contribution in [1.29, 1.82) is 5.26 Å². The van der Waals surface area contributed by atoms with Crippen LogP contribution in [0.1, 0.15) is 5.01 Å². The van der Waals surface area contributed by atoms with Crippen molar-refractivity contribution < 1.29 is 4.39 Å². The predicted molar refractivity (Wildman–Crippen MR) is 55.0 cm³/mol. The fourth-order valence-corrected chi connectivity index (χ4v) is 1.80. The number of hydrogen-bond donors (Lipinski definition) is 0. The van der Waals surface area contributed by atoms with Crippen molar-refractivity contribution in [2.45, 2.75) is 0 Å². The van der Waals surface area contributed by atoms with Crippen LogP contribution in [-0.4, -0.2) is 9.36 Å².